The van der Waals surface area contributed by atoms with Gasteiger partial charge in [0.2, 0.25) is 0 Å². The summed E-state index contributed by atoms with van der Waals surface area (Å²) in [7, 11) is 1.29. The topological polar surface area (TPSA) is 108 Å². The van der Waals surface area contributed by atoms with Crippen LogP contribution in [0.5, 0.6) is 0 Å². The van der Waals surface area contributed by atoms with Gasteiger partial charge in [0.05, 0.1) is 24.3 Å². The molecule has 2 N–H and O–H groups in total. The lowest BCUT2D eigenvalue weighted by Gasteiger charge is -2.18. The fraction of sp³-hybridized carbons (Fsp3) is 0.118. The molecule has 0 saturated carbocycles. The molecule has 0 aliphatic heterocycles. The fourth-order valence-electron chi connectivity index (χ4n) is 2.39. The van der Waals surface area contributed by atoms with Gasteiger partial charge in [0.15, 0.2) is 11.6 Å². The summed E-state index contributed by atoms with van der Waals surface area (Å²) in [5.74, 6) is -1.04. The third kappa shape index (κ3) is 2.98. The summed E-state index contributed by atoms with van der Waals surface area (Å²) in [4.78, 5) is 25.9. The predicted octanol–water partition coefficient (Wildman–Crippen LogP) is 2.32. The Balaban J connectivity index is 1.97. The minimum absolute atomic E-state index is 0.423. The van der Waals surface area contributed by atoms with Crippen LogP contribution in [0.4, 0.5) is 5.69 Å². The molecule has 24 heavy (non-hydrogen) atoms. The van der Waals surface area contributed by atoms with Gasteiger partial charge in [0, 0.05) is 5.69 Å². The van der Waals surface area contributed by atoms with Crippen LogP contribution in [-0.2, 0) is 9.53 Å². The average Bonchev–Trinajstić information content (AvgIpc) is 2.98. The lowest BCUT2D eigenvalue weighted by Crippen LogP contribution is -2.22. The number of hydrogen-bond donors (Lipinski definition) is 2. The van der Waals surface area contributed by atoms with Gasteiger partial charge in [-0.05, 0) is 35.9 Å². The Morgan fingerprint density at radius 3 is 2.92 bits per heavy atom. The van der Waals surface area contributed by atoms with E-state index in [2.05, 4.69) is 10.3 Å². The van der Waals surface area contributed by atoms with E-state index in [1.165, 1.54) is 7.11 Å². The van der Waals surface area contributed by atoms with Gasteiger partial charge in [-0.25, -0.2) is 9.59 Å². The number of carbonyl (C=O) groups excluding carboxylic acids is 1. The number of ether oxygens (including phenoxy) is 1. The Hall–Kier alpha value is -3.53. The first kappa shape index (κ1) is 15.4. The number of anilines is 1. The highest BCUT2D eigenvalue weighted by molar-refractivity contribution is 5.83. The molecular formula is C17H13N3O4. The molecule has 3 aromatic rings. The van der Waals surface area contributed by atoms with Gasteiger partial charge >= 0.3 is 11.7 Å². The Labute approximate surface area is 136 Å². The van der Waals surface area contributed by atoms with Crippen LogP contribution in [0, 0.1) is 11.3 Å². The van der Waals surface area contributed by atoms with E-state index in [1.807, 2.05) is 6.07 Å². The SMILES string of the molecule is COC(=O)C(Nc1ccc2oc(=O)[nH]c2c1)c1cccc(C#N)c1. The van der Waals surface area contributed by atoms with Gasteiger partial charge in [0.1, 0.15) is 0 Å². The molecule has 3 rings (SSSR count). The first-order valence-corrected chi connectivity index (χ1v) is 7.08. The lowest BCUT2D eigenvalue weighted by molar-refractivity contribution is -0.141. The summed E-state index contributed by atoms with van der Waals surface area (Å²) < 4.78 is 9.79. The van der Waals surface area contributed by atoms with Gasteiger partial charge < -0.3 is 14.5 Å². The summed E-state index contributed by atoms with van der Waals surface area (Å²) in [5.41, 5.74) is 2.57. The summed E-state index contributed by atoms with van der Waals surface area (Å²) in [6, 6.07) is 12.9. The summed E-state index contributed by atoms with van der Waals surface area (Å²) >= 11 is 0. The van der Waals surface area contributed by atoms with Crippen LogP contribution in [0.1, 0.15) is 17.2 Å². The van der Waals surface area contributed by atoms with Gasteiger partial charge in [0.25, 0.3) is 0 Å². The zero-order chi connectivity index (χ0) is 17.1. The molecule has 1 unspecified atom stereocenters. The molecule has 0 saturated heterocycles. The van der Waals surface area contributed by atoms with E-state index in [4.69, 9.17) is 14.4 Å². The molecular weight excluding hydrogens is 310 g/mol. The lowest BCUT2D eigenvalue weighted by atomic mass is 10.0. The highest BCUT2D eigenvalue weighted by atomic mass is 16.5. The van der Waals surface area contributed by atoms with Crippen LogP contribution in [0.2, 0.25) is 0 Å². The molecule has 2 aromatic carbocycles. The van der Waals surface area contributed by atoms with E-state index in [0.717, 1.165) is 0 Å². The number of carbonyl (C=O) groups is 1. The number of H-pyrrole nitrogens is 1. The van der Waals surface area contributed by atoms with E-state index in [0.29, 0.717) is 27.9 Å². The molecule has 1 heterocycles. The smallest absolute Gasteiger partial charge is 0.417 e. The molecule has 1 atom stereocenters. The number of oxazole rings is 1. The molecule has 120 valence electrons. The van der Waals surface area contributed by atoms with Crippen LogP contribution in [0.3, 0.4) is 0 Å². The highest BCUT2D eigenvalue weighted by Gasteiger charge is 2.22. The van der Waals surface area contributed by atoms with Crippen LogP contribution in [0.25, 0.3) is 11.1 Å². The fourth-order valence-corrected chi connectivity index (χ4v) is 2.39. The number of benzene rings is 2. The van der Waals surface area contributed by atoms with E-state index >= 15 is 0 Å². The number of aromatic nitrogens is 1. The Morgan fingerprint density at radius 2 is 2.17 bits per heavy atom. The van der Waals surface area contributed by atoms with Crippen molar-refractivity contribution in [3.05, 3.63) is 64.1 Å². The molecule has 7 nitrogen and oxygen atoms in total. The van der Waals surface area contributed by atoms with Crippen molar-refractivity contribution in [1.29, 1.82) is 5.26 Å². The zero-order valence-electron chi connectivity index (χ0n) is 12.7. The average molecular weight is 323 g/mol. The van der Waals surface area contributed by atoms with Crippen LogP contribution in [-0.4, -0.2) is 18.1 Å². The van der Waals surface area contributed by atoms with Crippen molar-refractivity contribution < 1.29 is 13.9 Å². The minimum atomic E-state index is -0.792. The second kappa shape index (κ2) is 6.30. The first-order chi connectivity index (χ1) is 11.6. The maximum absolute atomic E-state index is 12.1. The van der Waals surface area contributed by atoms with Crippen molar-refractivity contribution in [1.82, 2.24) is 4.98 Å². The Kier molecular flexibility index (Phi) is 4.03. The summed E-state index contributed by atoms with van der Waals surface area (Å²) in [5, 5.41) is 12.1. The van der Waals surface area contributed by atoms with Crippen molar-refractivity contribution >= 4 is 22.8 Å². The van der Waals surface area contributed by atoms with Gasteiger partial charge in [-0.1, -0.05) is 12.1 Å². The largest absolute Gasteiger partial charge is 0.467 e. The quantitative estimate of drug-likeness (QED) is 0.713. The van der Waals surface area contributed by atoms with E-state index in [1.54, 1.807) is 42.5 Å². The van der Waals surface area contributed by atoms with Gasteiger partial charge in [-0.3, -0.25) is 4.98 Å². The number of methoxy groups -OCH3 is 1. The maximum Gasteiger partial charge on any atom is 0.417 e. The van der Waals surface area contributed by atoms with Crippen molar-refractivity contribution in [3.8, 4) is 6.07 Å². The molecule has 7 heteroatoms. The van der Waals surface area contributed by atoms with Crippen molar-refractivity contribution in [2.45, 2.75) is 6.04 Å². The number of nitrogens with zero attached hydrogens (tertiary/aromatic N) is 1. The van der Waals surface area contributed by atoms with Crippen LogP contribution in [0.15, 0.2) is 51.7 Å². The van der Waals surface area contributed by atoms with Crippen molar-refractivity contribution in [3.63, 3.8) is 0 Å². The molecule has 0 aliphatic rings. The molecule has 0 radical (unpaired) electrons. The number of aromatic amines is 1. The number of hydrogen-bond acceptors (Lipinski definition) is 6. The van der Waals surface area contributed by atoms with Crippen LogP contribution >= 0.6 is 0 Å². The minimum Gasteiger partial charge on any atom is -0.467 e. The number of fused-ring (bicyclic) bond motifs is 1. The molecule has 0 amide bonds. The van der Waals surface area contributed by atoms with Crippen molar-refractivity contribution in [2.75, 3.05) is 12.4 Å². The van der Waals surface area contributed by atoms with Gasteiger partial charge in [-0.2, -0.15) is 5.26 Å². The number of nitrogens with one attached hydrogen (secondary N) is 2. The number of nitriles is 1. The van der Waals surface area contributed by atoms with Gasteiger partial charge in [-0.15, -0.1) is 0 Å². The normalized spacial score (nSPS) is 11.7. The third-order valence-electron chi connectivity index (χ3n) is 3.52. The van der Waals surface area contributed by atoms with E-state index < -0.39 is 17.8 Å². The molecule has 0 fully saturated rings. The Bertz CT molecular complexity index is 997. The zero-order valence-corrected chi connectivity index (χ0v) is 12.7. The molecule has 0 spiro atoms. The second-order valence-corrected chi connectivity index (χ2v) is 5.06. The summed E-state index contributed by atoms with van der Waals surface area (Å²) in [6.45, 7) is 0. The maximum atomic E-state index is 12.1. The third-order valence-corrected chi connectivity index (χ3v) is 3.52. The Morgan fingerprint density at radius 1 is 1.33 bits per heavy atom. The van der Waals surface area contributed by atoms with Crippen molar-refractivity contribution in [2.24, 2.45) is 0 Å². The number of esters is 1. The monoisotopic (exact) mass is 323 g/mol. The molecule has 0 aliphatic carbocycles. The first-order valence-electron chi connectivity index (χ1n) is 7.08. The van der Waals surface area contributed by atoms with E-state index in [-0.39, 0.29) is 0 Å². The number of rotatable bonds is 4. The highest BCUT2D eigenvalue weighted by Crippen LogP contribution is 2.24. The summed E-state index contributed by atoms with van der Waals surface area (Å²) in [6.07, 6.45) is 0. The standard InChI is InChI=1S/C17H13N3O4/c1-23-16(21)15(11-4-2-3-10(7-11)9-18)19-12-5-6-14-13(8-12)20-17(22)24-14/h2-8,15,19H,1H3,(H,20,22). The van der Waals surface area contributed by atoms with E-state index in [9.17, 15) is 9.59 Å². The van der Waals surface area contributed by atoms with Crippen LogP contribution < -0.4 is 11.1 Å². The second-order valence-electron chi connectivity index (χ2n) is 5.06. The molecule has 1 aromatic heterocycles. The molecule has 0 bridgehead atoms. The predicted molar refractivity (Wildman–Crippen MR) is 86.4 cm³/mol.